The Labute approximate surface area is 339 Å². The zero-order valence-electron chi connectivity index (χ0n) is 35.9. The summed E-state index contributed by atoms with van der Waals surface area (Å²) < 4.78 is 32.8. The van der Waals surface area contributed by atoms with Crippen LogP contribution in [0.5, 0.6) is 0 Å². The second-order valence-electron chi connectivity index (χ2n) is 15.6. The van der Waals surface area contributed by atoms with Gasteiger partial charge in [-0.05, 0) is 38.5 Å². The molecule has 0 saturated heterocycles. The first-order valence-electron chi connectivity index (χ1n) is 23.2. The number of carbonyl (C=O) groups is 2. The van der Waals surface area contributed by atoms with E-state index in [4.69, 9.17) is 24.3 Å². The van der Waals surface area contributed by atoms with Gasteiger partial charge in [-0.25, -0.2) is 4.57 Å². The molecule has 3 N–H and O–H groups in total. The summed E-state index contributed by atoms with van der Waals surface area (Å²) in [6.07, 6.45) is 43.8. The summed E-state index contributed by atoms with van der Waals surface area (Å²) in [5, 5.41) is 0. The number of carbonyl (C=O) groups excluding carboxylic acids is 2. The number of unbranched alkanes of at least 4 members (excludes halogenated alkanes) is 29. The fraction of sp³-hybridized carbons (Fsp3) is 0.911. The number of phosphoric ester groups is 1. The lowest BCUT2D eigenvalue weighted by Gasteiger charge is -2.19. The Kier molecular flexibility index (Phi) is 41.4. The van der Waals surface area contributed by atoms with E-state index in [9.17, 15) is 19.0 Å². The van der Waals surface area contributed by atoms with Gasteiger partial charge in [-0.1, -0.05) is 193 Å². The van der Waals surface area contributed by atoms with Gasteiger partial charge in [0, 0.05) is 19.4 Å². The first-order valence-corrected chi connectivity index (χ1v) is 24.7. The molecule has 1 unspecified atom stereocenters. The fourth-order valence-electron chi connectivity index (χ4n) is 6.69. The summed E-state index contributed by atoms with van der Waals surface area (Å²) in [5.41, 5.74) is 5.35. The fourth-order valence-corrected chi connectivity index (χ4v) is 7.45. The van der Waals surface area contributed by atoms with Gasteiger partial charge in [0.05, 0.1) is 13.2 Å². The van der Waals surface area contributed by atoms with E-state index in [1.54, 1.807) is 0 Å². The highest BCUT2D eigenvalue weighted by atomic mass is 31.2. The van der Waals surface area contributed by atoms with Gasteiger partial charge in [0.2, 0.25) is 0 Å². The van der Waals surface area contributed by atoms with Crippen LogP contribution < -0.4 is 5.73 Å². The van der Waals surface area contributed by atoms with Crippen molar-refractivity contribution in [2.75, 3.05) is 26.4 Å². The van der Waals surface area contributed by atoms with E-state index in [0.717, 1.165) is 44.9 Å². The van der Waals surface area contributed by atoms with Crippen LogP contribution in [0.25, 0.3) is 0 Å². The van der Waals surface area contributed by atoms with E-state index in [1.165, 1.54) is 154 Å². The van der Waals surface area contributed by atoms with Crippen molar-refractivity contribution in [1.82, 2.24) is 0 Å². The molecule has 55 heavy (non-hydrogen) atoms. The molecule has 0 fully saturated rings. The molecular weight excluding hydrogens is 713 g/mol. The summed E-state index contributed by atoms with van der Waals surface area (Å²) in [7, 11) is -4.37. The molecule has 0 heterocycles. The third-order valence-electron chi connectivity index (χ3n) is 10.2. The van der Waals surface area contributed by atoms with E-state index in [2.05, 4.69) is 26.0 Å². The van der Waals surface area contributed by atoms with Crippen LogP contribution in [0.4, 0.5) is 0 Å². The average molecular weight is 802 g/mol. The van der Waals surface area contributed by atoms with Crippen LogP contribution in [0.1, 0.15) is 232 Å². The van der Waals surface area contributed by atoms with Crippen LogP contribution in [-0.4, -0.2) is 49.3 Å². The summed E-state index contributed by atoms with van der Waals surface area (Å²) in [5.74, 6) is -0.820. The average Bonchev–Trinajstić information content (AvgIpc) is 3.17. The SMILES string of the molecule is CCCCCCCC/C=C\CCCCCCCCCC(=O)O[C@H](COC(=O)CCCCCCCCCCCCCCCCCCC)COP(=O)(O)OCCN. The van der Waals surface area contributed by atoms with Gasteiger partial charge < -0.3 is 20.1 Å². The van der Waals surface area contributed by atoms with E-state index in [1.807, 2.05) is 0 Å². The highest BCUT2D eigenvalue weighted by Crippen LogP contribution is 2.43. The van der Waals surface area contributed by atoms with Crippen LogP contribution in [0.2, 0.25) is 0 Å². The van der Waals surface area contributed by atoms with Gasteiger partial charge in [-0.2, -0.15) is 0 Å². The molecule has 0 amide bonds. The van der Waals surface area contributed by atoms with Crippen molar-refractivity contribution in [3.63, 3.8) is 0 Å². The highest BCUT2D eigenvalue weighted by Gasteiger charge is 2.26. The second-order valence-corrected chi connectivity index (χ2v) is 17.1. The van der Waals surface area contributed by atoms with Gasteiger partial charge in [-0.3, -0.25) is 18.6 Å². The van der Waals surface area contributed by atoms with Crippen LogP contribution in [-0.2, 0) is 32.7 Å². The Morgan fingerprint density at radius 2 is 0.891 bits per heavy atom. The van der Waals surface area contributed by atoms with E-state index >= 15 is 0 Å². The van der Waals surface area contributed by atoms with Crippen molar-refractivity contribution in [2.45, 2.75) is 238 Å². The highest BCUT2D eigenvalue weighted by molar-refractivity contribution is 7.47. The first kappa shape index (κ1) is 53.8. The standard InChI is InChI=1S/C45H88NO8P/c1-3-5-7-9-11-13-15-17-19-21-23-25-27-29-31-33-35-37-44(47)51-41-43(42-53-55(49,50)52-40-39-46)54-45(48)38-36-34-32-30-28-26-24-22-20-18-16-14-12-10-8-6-4-2/h18,20,43H,3-17,19,21-42,46H2,1-2H3,(H,49,50)/b20-18-/t43-/m1/s1. The molecule has 0 aromatic rings. The predicted molar refractivity (Wildman–Crippen MR) is 229 cm³/mol. The van der Waals surface area contributed by atoms with Crippen LogP contribution >= 0.6 is 7.82 Å². The molecule has 0 spiro atoms. The lowest BCUT2D eigenvalue weighted by Crippen LogP contribution is -2.29. The molecule has 0 aromatic heterocycles. The van der Waals surface area contributed by atoms with Gasteiger partial charge in [0.15, 0.2) is 6.10 Å². The number of esters is 2. The van der Waals surface area contributed by atoms with E-state index in [-0.39, 0.29) is 38.6 Å². The third kappa shape index (κ3) is 42.2. The zero-order valence-corrected chi connectivity index (χ0v) is 36.8. The number of allylic oxidation sites excluding steroid dienone is 2. The topological polar surface area (TPSA) is 134 Å². The zero-order chi connectivity index (χ0) is 40.3. The van der Waals surface area contributed by atoms with Gasteiger partial charge in [-0.15, -0.1) is 0 Å². The second kappa shape index (κ2) is 42.4. The summed E-state index contributed by atoms with van der Waals surface area (Å²) in [4.78, 5) is 34.9. The number of nitrogens with two attached hydrogens (primary N) is 1. The van der Waals surface area contributed by atoms with Gasteiger partial charge in [0.1, 0.15) is 6.61 Å². The molecule has 0 rings (SSSR count). The summed E-state index contributed by atoms with van der Waals surface area (Å²) in [6, 6.07) is 0. The van der Waals surface area contributed by atoms with Gasteiger partial charge >= 0.3 is 19.8 Å². The molecule has 9 nitrogen and oxygen atoms in total. The van der Waals surface area contributed by atoms with Crippen molar-refractivity contribution in [2.24, 2.45) is 5.73 Å². The van der Waals surface area contributed by atoms with Gasteiger partial charge in [0.25, 0.3) is 0 Å². The van der Waals surface area contributed by atoms with Crippen LogP contribution in [0.3, 0.4) is 0 Å². The Morgan fingerprint density at radius 3 is 1.29 bits per heavy atom. The molecule has 0 saturated carbocycles. The molecule has 0 aliphatic heterocycles. The quantitative estimate of drug-likeness (QED) is 0.0267. The lowest BCUT2D eigenvalue weighted by atomic mass is 10.0. The Hall–Kier alpha value is -1.25. The molecule has 10 heteroatoms. The Balaban J connectivity index is 4.08. The Morgan fingerprint density at radius 1 is 0.527 bits per heavy atom. The Bertz CT molecular complexity index is 917. The minimum atomic E-state index is -4.37. The molecule has 0 bridgehead atoms. The number of ether oxygens (including phenoxy) is 2. The first-order chi connectivity index (χ1) is 26.8. The van der Waals surface area contributed by atoms with E-state index in [0.29, 0.717) is 6.42 Å². The molecule has 2 atom stereocenters. The van der Waals surface area contributed by atoms with Crippen molar-refractivity contribution in [3.8, 4) is 0 Å². The molecule has 326 valence electrons. The minimum Gasteiger partial charge on any atom is -0.462 e. The van der Waals surface area contributed by atoms with Crippen molar-refractivity contribution in [1.29, 1.82) is 0 Å². The van der Waals surface area contributed by atoms with Crippen LogP contribution in [0.15, 0.2) is 12.2 Å². The molecule has 0 aromatic carbocycles. The van der Waals surface area contributed by atoms with E-state index < -0.39 is 26.5 Å². The molecular formula is C45H88NO8P. The number of phosphoric acid groups is 1. The number of hydrogen-bond acceptors (Lipinski definition) is 8. The third-order valence-corrected chi connectivity index (χ3v) is 11.1. The number of rotatable bonds is 44. The summed E-state index contributed by atoms with van der Waals surface area (Å²) in [6.45, 7) is 3.76. The minimum absolute atomic E-state index is 0.0556. The lowest BCUT2D eigenvalue weighted by molar-refractivity contribution is -0.161. The maximum Gasteiger partial charge on any atom is 0.472 e. The largest absolute Gasteiger partial charge is 0.472 e. The van der Waals surface area contributed by atoms with Crippen molar-refractivity contribution in [3.05, 3.63) is 12.2 Å². The monoisotopic (exact) mass is 802 g/mol. The smallest absolute Gasteiger partial charge is 0.462 e. The molecule has 0 aliphatic carbocycles. The predicted octanol–water partition coefficient (Wildman–Crippen LogP) is 13.4. The maximum absolute atomic E-state index is 12.6. The van der Waals surface area contributed by atoms with Crippen molar-refractivity contribution < 1.29 is 37.6 Å². The summed E-state index contributed by atoms with van der Waals surface area (Å²) >= 11 is 0. The molecule has 0 radical (unpaired) electrons. The maximum atomic E-state index is 12.6. The molecule has 0 aliphatic rings. The van der Waals surface area contributed by atoms with Crippen molar-refractivity contribution >= 4 is 19.8 Å². The normalized spacial score (nSPS) is 13.3. The number of hydrogen-bond donors (Lipinski definition) is 2. The van der Waals surface area contributed by atoms with Crippen LogP contribution in [0, 0.1) is 0 Å².